The Balaban J connectivity index is 1.44. The predicted molar refractivity (Wildman–Crippen MR) is 104 cm³/mol. The van der Waals surface area contributed by atoms with Gasteiger partial charge in [-0.05, 0) is 29.1 Å². The number of hydrogen-bond acceptors (Lipinski definition) is 5. The van der Waals surface area contributed by atoms with Crippen molar-refractivity contribution < 1.29 is 19.1 Å². The van der Waals surface area contributed by atoms with Crippen LogP contribution in [0.3, 0.4) is 0 Å². The molecule has 3 amide bonds. The number of rotatable bonds is 4. The second kappa shape index (κ2) is 7.63. The highest BCUT2D eigenvalue weighted by atomic mass is 32.1. The average Bonchev–Trinajstić information content (AvgIpc) is 3.26. The molecule has 0 spiro atoms. The summed E-state index contributed by atoms with van der Waals surface area (Å²) in [5.74, 6) is 0.357. The summed E-state index contributed by atoms with van der Waals surface area (Å²) in [4.78, 5) is 42.1. The number of benzene rings is 1. The number of nitrogens with one attached hydrogen (secondary N) is 1. The molecule has 0 unspecified atom stereocenters. The van der Waals surface area contributed by atoms with Crippen LogP contribution in [-0.2, 0) is 16.0 Å². The average molecular weight is 399 g/mol. The zero-order chi connectivity index (χ0) is 19.7. The van der Waals surface area contributed by atoms with Crippen molar-refractivity contribution in [3.8, 4) is 5.75 Å². The summed E-state index contributed by atoms with van der Waals surface area (Å²) in [6, 6.07) is 9.84. The Morgan fingerprint density at radius 1 is 1.21 bits per heavy atom. The summed E-state index contributed by atoms with van der Waals surface area (Å²) in [6.45, 7) is 1.03. The zero-order valence-corrected chi connectivity index (χ0v) is 16.3. The molecule has 7 nitrogen and oxygen atoms in total. The molecule has 2 aromatic rings. The predicted octanol–water partition coefficient (Wildman–Crippen LogP) is 1.15. The Kier molecular flexibility index (Phi) is 5.04. The molecule has 8 heteroatoms. The molecular weight excluding hydrogens is 378 g/mol. The lowest BCUT2D eigenvalue weighted by Crippen LogP contribution is -2.70. The Morgan fingerprint density at radius 3 is 2.68 bits per heavy atom. The highest BCUT2D eigenvalue weighted by Crippen LogP contribution is 2.21. The van der Waals surface area contributed by atoms with E-state index in [-0.39, 0.29) is 24.3 Å². The van der Waals surface area contributed by atoms with Gasteiger partial charge in [-0.25, -0.2) is 0 Å². The second-order valence-corrected chi connectivity index (χ2v) is 7.84. The Morgan fingerprint density at radius 2 is 2.00 bits per heavy atom. The topological polar surface area (TPSA) is 79.0 Å². The van der Waals surface area contributed by atoms with Gasteiger partial charge in [0.15, 0.2) is 0 Å². The smallest absolute Gasteiger partial charge is 0.264 e. The van der Waals surface area contributed by atoms with Gasteiger partial charge in [-0.1, -0.05) is 18.2 Å². The van der Waals surface area contributed by atoms with Crippen molar-refractivity contribution in [3.05, 3.63) is 52.2 Å². The number of piperazine rings is 2. The number of carbonyl (C=O) groups is 3. The van der Waals surface area contributed by atoms with Crippen molar-refractivity contribution in [2.45, 2.75) is 18.5 Å². The molecule has 2 aliphatic heterocycles. The van der Waals surface area contributed by atoms with Crippen molar-refractivity contribution in [1.82, 2.24) is 15.1 Å². The minimum Gasteiger partial charge on any atom is -0.497 e. The van der Waals surface area contributed by atoms with E-state index >= 15 is 0 Å². The number of fused-ring (bicyclic) bond motifs is 1. The molecule has 28 heavy (non-hydrogen) atoms. The fourth-order valence-electron chi connectivity index (χ4n) is 3.68. The van der Waals surface area contributed by atoms with Crippen molar-refractivity contribution in [2.75, 3.05) is 26.7 Å². The zero-order valence-electron chi connectivity index (χ0n) is 15.5. The van der Waals surface area contributed by atoms with Crippen LogP contribution >= 0.6 is 11.3 Å². The first-order valence-corrected chi connectivity index (χ1v) is 10.0. The van der Waals surface area contributed by atoms with Crippen LogP contribution < -0.4 is 10.1 Å². The first-order chi connectivity index (χ1) is 13.6. The third-order valence-corrected chi connectivity index (χ3v) is 6.06. The van der Waals surface area contributed by atoms with Crippen LogP contribution in [0.15, 0.2) is 41.8 Å². The molecule has 3 heterocycles. The largest absolute Gasteiger partial charge is 0.497 e. The lowest BCUT2D eigenvalue weighted by molar-refractivity contribution is -0.152. The Labute approximate surface area is 166 Å². The Hall–Kier alpha value is -2.87. The van der Waals surface area contributed by atoms with Gasteiger partial charge in [0.05, 0.1) is 18.5 Å². The molecule has 0 bridgehead atoms. The van der Waals surface area contributed by atoms with E-state index in [9.17, 15) is 14.4 Å². The molecule has 2 fully saturated rings. The molecule has 1 N–H and O–H groups in total. The van der Waals surface area contributed by atoms with Crippen molar-refractivity contribution in [2.24, 2.45) is 0 Å². The quantitative estimate of drug-likeness (QED) is 0.837. The number of hydrogen-bond donors (Lipinski definition) is 1. The molecule has 1 aromatic carbocycles. The van der Waals surface area contributed by atoms with Crippen LogP contribution in [0.25, 0.3) is 0 Å². The third kappa shape index (κ3) is 3.47. The maximum absolute atomic E-state index is 12.9. The van der Waals surface area contributed by atoms with Crippen molar-refractivity contribution in [1.29, 1.82) is 0 Å². The van der Waals surface area contributed by atoms with Gasteiger partial charge in [-0.15, -0.1) is 11.3 Å². The van der Waals surface area contributed by atoms with Gasteiger partial charge in [0.2, 0.25) is 11.8 Å². The lowest BCUT2D eigenvalue weighted by atomic mass is 9.98. The van der Waals surface area contributed by atoms with Crippen molar-refractivity contribution >= 4 is 29.1 Å². The number of amides is 3. The highest BCUT2D eigenvalue weighted by molar-refractivity contribution is 7.12. The number of nitrogens with zero attached hydrogens (tertiary/aromatic N) is 2. The highest BCUT2D eigenvalue weighted by Gasteiger charge is 2.44. The number of ether oxygens (including phenoxy) is 1. The molecule has 0 saturated carbocycles. The summed E-state index contributed by atoms with van der Waals surface area (Å²) in [7, 11) is 1.60. The van der Waals surface area contributed by atoms with Gasteiger partial charge in [0.25, 0.3) is 5.91 Å². The first kappa shape index (κ1) is 18.5. The summed E-state index contributed by atoms with van der Waals surface area (Å²) in [5, 5.41) is 4.69. The van der Waals surface area contributed by atoms with Crippen molar-refractivity contribution in [3.63, 3.8) is 0 Å². The molecule has 0 aliphatic carbocycles. The van der Waals surface area contributed by atoms with E-state index in [1.165, 1.54) is 11.3 Å². The van der Waals surface area contributed by atoms with Crippen LogP contribution in [0.1, 0.15) is 15.2 Å². The third-order valence-electron chi connectivity index (χ3n) is 5.20. The SMILES string of the molecule is COc1ccc(C[C@@H]2NC(=O)[C@H]3CN(C(=O)c4cccs4)CCN3C2=O)cc1. The van der Waals surface area contributed by atoms with Gasteiger partial charge in [0.1, 0.15) is 17.8 Å². The van der Waals surface area contributed by atoms with E-state index in [4.69, 9.17) is 4.74 Å². The van der Waals surface area contributed by atoms with Crippen LogP contribution in [0, 0.1) is 0 Å². The fourth-order valence-corrected chi connectivity index (χ4v) is 4.37. The van der Waals surface area contributed by atoms with Crippen LogP contribution in [0.5, 0.6) is 5.75 Å². The standard InChI is InChI=1S/C20H21N3O4S/c1-27-14-6-4-13(5-7-14)11-15-19(25)23-9-8-22(12-16(23)18(24)21-15)20(26)17-3-2-10-28-17/h2-7,10,15-16H,8-9,11-12H2,1H3,(H,21,24)/t15-,16+/m0/s1. The van der Waals surface area contributed by atoms with E-state index in [0.29, 0.717) is 24.4 Å². The summed E-state index contributed by atoms with van der Waals surface area (Å²) in [5.41, 5.74) is 0.949. The summed E-state index contributed by atoms with van der Waals surface area (Å²) in [6.07, 6.45) is 0.426. The van der Waals surface area contributed by atoms with Crippen LogP contribution in [0.2, 0.25) is 0 Å². The maximum atomic E-state index is 12.9. The number of thiophene rings is 1. The van der Waals surface area contributed by atoms with Crippen LogP contribution in [0.4, 0.5) is 0 Å². The van der Waals surface area contributed by atoms with Gasteiger partial charge in [-0.3, -0.25) is 14.4 Å². The van der Waals surface area contributed by atoms with Gasteiger partial charge in [-0.2, -0.15) is 0 Å². The molecule has 2 saturated heterocycles. The minimum atomic E-state index is -0.628. The van der Waals surface area contributed by atoms with E-state index in [2.05, 4.69) is 5.32 Å². The molecule has 1 aromatic heterocycles. The van der Waals surface area contributed by atoms with Gasteiger partial charge in [0, 0.05) is 19.5 Å². The van der Waals surface area contributed by atoms with Gasteiger partial charge < -0.3 is 19.9 Å². The maximum Gasteiger partial charge on any atom is 0.264 e. The van der Waals surface area contributed by atoms with Gasteiger partial charge >= 0.3 is 0 Å². The van der Waals surface area contributed by atoms with E-state index in [1.807, 2.05) is 35.7 Å². The molecular formula is C20H21N3O4S. The molecule has 0 radical (unpaired) electrons. The van der Waals surface area contributed by atoms with E-state index < -0.39 is 12.1 Å². The summed E-state index contributed by atoms with van der Waals surface area (Å²) < 4.78 is 5.15. The second-order valence-electron chi connectivity index (χ2n) is 6.89. The number of methoxy groups -OCH3 is 1. The molecule has 2 aliphatic rings. The van der Waals surface area contributed by atoms with E-state index in [1.54, 1.807) is 23.0 Å². The minimum absolute atomic E-state index is 0.0877. The summed E-state index contributed by atoms with van der Waals surface area (Å²) >= 11 is 1.38. The van der Waals surface area contributed by atoms with E-state index in [0.717, 1.165) is 11.3 Å². The first-order valence-electron chi connectivity index (χ1n) is 9.13. The molecule has 4 rings (SSSR count). The molecule has 2 atom stereocenters. The Bertz CT molecular complexity index is 881. The normalized spacial score (nSPS) is 21.9. The monoisotopic (exact) mass is 399 g/mol. The molecule has 146 valence electrons. The van der Waals surface area contributed by atoms with Crippen LogP contribution in [-0.4, -0.2) is 66.3 Å². The lowest BCUT2D eigenvalue weighted by Gasteiger charge is -2.45. The number of carbonyl (C=O) groups excluding carboxylic acids is 3. The fraction of sp³-hybridized carbons (Fsp3) is 0.350.